The molecule has 0 aromatic heterocycles. The molecule has 130 valence electrons. The van der Waals surface area contributed by atoms with Crippen molar-refractivity contribution in [3.63, 3.8) is 0 Å². The first-order chi connectivity index (χ1) is 11.6. The summed E-state index contributed by atoms with van der Waals surface area (Å²) >= 11 is 0. The second-order valence-electron chi connectivity index (χ2n) is 6.64. The molecule has 1 aromatic rings. The first kappa shape index (κ1) is 16.6. The van der Waals surface area contributed by atoms with Gasteiger partial charge in [0.1, 0.15) is 5.75 Å². The Bertz CT molecular complexity index is 590. The largest absolute Gasteiger partial charge is 0.497 e. The first-order valence-electron chi connectivity index (χ1n) is 8.50. The molecular formula is C18H24N2O4. The quantitative estimate of drug-likeness (QED) is 0.869. The number of carboxylic acid groups (broad SMARTS) is 1. The Morgan fingerprint density at radius 2 is 1.79 bits per heavy atom. The highest BCUT2D eigenvalue weighted by Gasteiger charge is 2.35. The van der Waals surface area contributed by atoms with Gasteiger partial charge in [-0.3, -0.25) is 4.79 Å². The number of hydrogen-bond donors (Lipinski definition) is 2. The number of urea groups is 1. The van der Waals surface area contributed by atoms with Gasteiger partial charge in [-0.1, -0.05) is 12.1 Å². The van der Waals surface area contributed by atoms with Gasteiger partial charge < -0.3 is 20.1 Å². The Kier molecular flexibility index (Phi) is 4.92. The molecule has 2 N–H and O–H groups in total. The number of nitrogens with one attached hydrogen (secondary N) is 1. The summed E-state index contributed by atoms with van der Waals surface area (Å²) in [6.45, 7) is 1.01. The number of benzene rings is 1. The second kappa shape index (κ2) is 7.11. The normalized spacial score (nSPS) is 19.6. The number of aliphatic carboxylic acids is 1. The molecule has 6 nitrogen and oxygen atoms in total. The van der Waals surface area contributed by atoms with Crippen LogP contribution in [0.4, 0.5) is 4.79 Å². The molecule has 0 spiro atoms. The van der Waals surface area contributed by atoms with E-state index in [2.05, 4.69) is 5.32 Å². The molecule has 1 heterocycles. The van der Waals surface area contributed by atoms with E-state index >= 15 is 0 Å². The van der Waals surface area contributed by atoms with Gasteiger partial charge in [0, 0.05) is 13.1 Å². The summed E-state index contributed by atoms with van der Waals surface area (Å²) in [5.41, 5.74) is 1.09. The van der Waals surface area contributed by atoms with Gasteiger partial charge in [0.15, 0.2) is 0 Å². The third-order valence-corrected chi connectivity index (χ3v) is 4.98. The summed E-state index contributed by atoms with van der Waals surface area (Å²) in [6.07, 6.45) is 3.30. The monoisotopic (exact) mass is 332 g/mol. The number of nitrogens with zero attached hydrogens (tertiary/aromatic N) is 1. The summed E-state index contributed by atoms with van der Waals surface area (Å²) in [6, 6.07) is 7.74. The number of carboxylic acids is 1. The molecule has 0 radical (unpaired) electrons. The summed E-state index contributed by atoms with van der Waals surface area (Å²) in [5, 5.41) is 12.2. The van der Waals surface area contributed by atoms with Gasteiger partial charge in [-0.05, 0) is 49.3 Å². The van der Waals surface area contributed by atoms with Crippen molar-refractivity contribution >= 4 is 12.0 Å². The van der Waals surface area contributed by atoms with Gasteiger partial charge in [0.2, 0.25) is 0 Å². The Morgan fingerprint density at radius 3 is 2.29 bits per heavy atom. The molecule has 1 aliphatic carbocycles. The number of amides is 2. The first-order valence-corrected chi connectivity index (χ1v) is 8.50. The SMILES string of the molecule is COc1ccc(C(NC(=O)N2CCC(C(=O)O)CC2)C2CC2)cc1. The van der Waals surface area contributed by atoms with Crippen LogP contribution in [0, 0.1) is 11.8 Å². The predicted molar refractivity (Wildman–Crippen MR) is 88.9 cm³/mol. The Hall–Kier alpha value is -2.24. The summed E-state index contributed by atoms with van der Waals surface area (Å²) in [7, 11) is 1.63. The third-order valence-electron chi connectivity index (χ3n) is 4.98. The average molecular weight is 332 g/mol. The number of methoxy groups -OCH3 is 1. The van der Waals surface area contributed by atoms with E-state index in [0.717, 1.165) is 24.2 Å². The molecule has 1 atom stereocenters. The molecule has 1 saturated carbocycles. The van der Waals surface area contributed by atoms with Crippen LogP contribution in [0.2, 0.25) is 0 Å². The zero-order valence-corrected chi connectivity index (χ0v) is 13.9. The Balaban J connectivity index is 1.61. The van der Waals surface area contributed by atoms with Crippen LogP contribution in [0.15, 0.2) is 24.3 Å². The lowest BCUT2D eigenvalue weighted by molar-refractivity contribution is -0.143. The van der Waals surface area contributed by atoms with Crippen LogP contribution in [-0.2, 0) is 4.79 Å². The molecule has 0 bridgehead atoms. The maximum Gasteiger partial charge on any atom is 0.317 e. The standard InChI is InChI=1S/C18H24N2O4/c1-24-15-6-4-13(5-7-15)16(12-2-3-12)19-18(23)20-10-8-14(9-11-20)17(21)22/h4-7,12,14,16H,2-3,8-11H2,1H3,(H,19,23)(H,21,22). The predicted octanol–water partition coefficient (Wildman–Crippen LogP) is 2.65. The van der Waals surface area contributed by atoms with Gasteiger partial charge in [-0.15, -0.1) is 0 Å². The third kappa shape index (κ3) is 3.80. The average Bonchev–Trinajstić information content (AvgIpc) is 3.44. The maximum absolute atomic E-state index is 12.6. The summed E-state index contributed by atoms with van der Waals surface area (Å²) < 4.78 is 5.19. The highest BCUT2D eigenvalue weighted by molar-refractivity contribution is 5.76. The molecule has 2 aliphatic rings. The minimum Gasteiger partial charge on any atom is -0.497 e. The lowest BCUT2D eigenvalue weighted by atomic mass is 9.97. The fourth-order valence-corrected chi connectivity index (χ4v) is 3.27. The van der Waals surface area contributed by atoms with Crippen LogP contribution in [0.1, 0.15) is 37.3 Å². The van der Waals surface area contributed by atoms with E-state index in [1.165, 1.54) is 0 Å². The number of carbonyl (C=O) groups is 2. The van der Waals surface area contributed by atoms with Gasteiger partial charge in [0.25, 0.3) is 0 Å². The van der Waals surface area contributed by atoms with Crippen LogP contribution in [0.5, 0.6) is 5.75 Å². The van der Waals surface area contributed by atoms with Gasteiger partial charge in [0.05, 0.1) is 19.1 Å². The maximum atomic E-state index is 12.6. The lowest BCUT2D eigenvalue weighted by Crippen LogP contribution is -2.46. The highest BCUT2D eigenvalue weighted by atomic mass is 16.5. The molecule has 3 rings (SSSR count). The van der Waals surface area contributed by atoms with Crippen molar-refractivity contribution in [3.05, 3.63) is 29.8 Å². The fourth-order valence-electron chi connectivity index (χ4n) is 3.27. The topological polar surface area (TPSA) is 78.9 Å². The second-order valence-corrected chi connectivity index (χ2v) is 6.64. The molecular weight excluding hydrogens is 308 g/mol. The Labute approximate surface area is 141 Å². The van der Waals surface area contributed by atoms with Crippen LogP contribution >= 0.6 is 0 Å². The minimum absolute atomic E-state index is 0.0144. The van der Waals surface area contributed by atoms with Gasteiger partial charge in [-0.25, -0.2) is 4.79 Å². The number of carbonyl (C=O) groups excluding carboxylic acids is 1. The van der Waals surface area contributed by atoms with Crippen molar-refractivity contribution < 1.29 is 19.4 Å². The van der Waals surface area contributed by atoms with Crippen molar-refractivity contribution in [2.24, 2.45) is 11.8 Å². The van der Waals surface area contributed by atoms with Gasteiger partial charge in [-0.2, -0.15) is 0 Å². The zero-order valence-electron chi connectivity index (χ0n) is 13.9. The molecule has 2 fully saturated rings. The lowest BCUT2D eigenvalue weighted by Gasteiger charge is -2.32. The van der Waals surface area contributed by atoms with Crippen LogP contribution in [0.3, 0.4) is 0 Å². The van der Waals surface area contributed by atoms with E-state index in [-0.39, 0.29) is 18.0 Å². The number of hydrogen-bond acceptors (Lipinski definition) is 3. The molecule has 1 unspecified atom stereocenters. The van der Waals surface area contributed by atoms with E-state index in [0.29, 0.717) is 31.8 Å². The van der Waals surface area contributed by atoms with Crippen LogP contribution in [0.25, 0.3) is 0 Å². The van der Waals surface area contributed by atoms with Crippen molar-refractivity contribution in [3.8, 4) is 5.75 Å². The van der Waals surface area contributed by atoms with E-state index < -0.39 is 5.97 Å². The molecule has 1 aliphatic heterocycles. The molecule has 1 saturated heterocycles. The minimum atomic E-state index is -0.760. The van der Waals surface area contributed by atoms with E-state index in [9.17, 15) is 9.59 Å². The Morgan fingerprint density at radius 1 is 1.17 bits per heavy atom. The summed E-state index contributed by atoms with van der Waals surface area (Å²) in [5.74, 6) is 0.202. The van der Waals surface area contributed by atoms with E-state index in [4.69, 9.17) is 9.84 Å². The van der Waals surface area contributed by atoms with Gasteiger partial charge >= 0.3 is 12.0 Å². The number of ether oxygens (including phenoxy) is 1. The van der Waals surface area contributed by atoms with E-state index in [1.807, 2.05) is 24.3 Å². The van der Waals surface area contributed by atoms with Crippen molar-refractivity contribution in [2.75, 3.05) is 20.2 Å². The van der Waals surface area contributed by atoms with Crippen molar-refractivity contribution in [1.29, 1.82) is 0 Å². The van der Waals surface area contributed by atoms with Crippen molar-refractivity contribution in [1.82, 2.24) is 10.2 Å². The fraction of sp³-hybridized carbons (Fsp3) is 0.556. The number of likely N-dealkylation sites (tertiary alicyclic amines) is 1. The van der Waals surface area contributed by atoms with Crippen LogP contribution in [-0.4, -0.2) is 42.2 Å². The molecule has 2 amide bonds. The van der Waals surface area contributed by atoms with E-state index in [1.54, 1.807) is 12.0 Å². The summed E-state index contributed by atoms with van der Waals surface area (Å²) in [4.78, 5) is 25.3. The zero-order chi connectivity index (χ0) is 17.1. The number of rotatable bonds is 5. The van der Waals surface area contributed by atoms with Crippen molar-refractivity contribution in [2.45, 2.75) is 31.7 Å². The molecule has 1 aromatic carbocycles. The van der Waals surface area contributed by atoms with Crippen LogP contribution < -0.4 is 10.1 Å². The highest BCUT2D eigenvalue weighted by Crippen LogP contribution is 2.41. The number of piperidine rings is 1. The smallest absolute Gasteiger partial charge is 0.317 e. The molecule has 6 heteroatoms. The molecule has 24 heavy (non-hydrogen) atoms.